The van der Waals surface area contributed by atoms with Crippen molar-refractivity contribution >= 4 is 33.0 Å². The standard InChI is InChI=1S/C12H16ClN3O2S2/c1-10(12-4-3-7-19-12)15(2)20(17,18)11-8-14-16(9-11)6-5-13/h3-4,7-10H,5-6H2,1-2H3. The van der Waals surface area contributed by atoms with Gasteiger partial charge in [0.1, 0.15) is 4.90 Å². The molecule has 0 spiro atoms. The molecule has 2 rings (SSSR count). The van der Waals surface area contributed by atoms with E-state index in [-0.39, 0.29) is 10.9 Å². The second-order valence-corrected chi connectivity index (χ2v) is 7.70. The van der Waals surface area contributed by atoms with Gasteiger partial charge in [-0.1, -0.05) is 6.07 Å². The molecule has 0 saturated heterocycles. The SMILES string of the molecule is CC(c1cccs1)N(C)S(=O)(=O)c1cnn(CCCl)c1. The number of halogens is 1. The van der Waals surface area contributed by atoms with Crippen LogP contribution in [-0.4, -0.2) is 35.4 Å². The predicted molar refractivity (Wildman–Crippen MR) is 80.6 cm³/mol. The summed E-state index contributed by atoms with van der Waals surface area (Å²) in [5, 5.41) is 5.94. The summed E-state index contributed by atoms with van der Waals surface area (Å²) in [5.74, 6) is 0.391. The monoisotopic (exact) mass is 333 g/mol. The van der Waals surface area contributed by atoms with Gasteiger partial charge in [-0.15, -0.1) is 22.9 Å². The summed E-state index contributed by atoms with van der Waals surface area (Å²) < 4.78 is 28.0. The topological polar surface area (TPSA) is 55.2 Å². The fraction of sp³-hybridized carbons (Fsp3) is 0.417. The van der Waals surface area contributed by atoms with E-state index < -0.39 is 10.0 Å². The number of sulfonamides is 1. The molecule has 0 aliphatic carbocycles. The van der Waals surface area contributed by atoms with Gasteiger partial charge in [-0.3, -0.25) is 4.68 Å². The Morgan fingerprint density at radius 1 is 1.55 bits per heavy atom. The maximum absolute atomic E-state index is 12.5. The number of hydrogen-bond acceptors (Lipinski definition) is 4. The Kier molecular flexibility index (Phi) is 4.85. The van der Waals surface area contributed by atoms with E-state index in [9.17, 15) is 8.42 Å². The Hall–Kier alpha value is -0.890. The molecule has 0 N–H and O–H groups in total. The molecule has 8 heteroatoms. The average Bonchev–Trinajstić information content (AvgIpc) is 3.08. The Morgan fingerprint density at radius 2 is 2.30 bits per heavy atom. The lowest BCUT2D eigenvalue weighted by Crippen LogP contribution is -2.29. The molecule has 20 heavy (non-hydrogen) atoms. The van der Waals surface area contributed by atoms with Gasteiger partial charge < -0.3 is 0 Å². The van der Waals surface area contributed by atoms with Crippen LogP contribution in [0.25, 0.3) is 0 Å². The van der Waals surface area contributed by atoms with Crippen molar-refractivity contribution in [2.75, 3.05) is 12.9 Å². The molecule has 0 aliphatic heterocycles. The molecule has 1 unspecified atom stereocenters. The number of nitrogens with zero attached hydrogens (tertiary/aromatic N) is 3. The van der Waals surface area contributed by atoms with Crippen molar-refractivity contribution in [3.8, 4) is 0 Å². The Morgan fingerprint density at radius 3 is 2.90 bits per heavy atom. The zero-order valence-corrected chi connectivity index (χ0v) is 13.6. The fourth-order valence-corrected chi connectivity index (χ4v) is 4.13. The van der Waals surface area contributed by atoms with Gasteiger partial charge in [0.25, 0.3) is 0 Å². The maximum atomic E-state index is 12.5. The molecule has 110 valence electrons. The molecule has 2 aromatic rings. The van der Waals surface area contributed by atoms with Crippen LogP contribution in [0.4, 0.5) is 0 Å². The van der Waals surface area contributed by atoms with E-state index in [1.54, 1.807) is 7.05 Å². The average molecular weight is 334 g/mol. The van der Waals surface area contributed by atoms with Gasteiger partial charge in [-0.05, 0) is 18.4 Å². The van der Waals surface area contributed by atoms with Crippen molar-refractivity contribution in [1.82, 2.24) is 14.1 Å². The van der Waals surface area contributed by atoms with Crippen LogP contribution in [0.5, 0.6) is 0 Å². The van der Waals surface area contributed by atoms with E-state index in [0.29, 0.717) is 12.4 Å². The first-order valence-electron chi connectivity index (χ1n) is 6.06. The zero-order valence-electron chi connectivity index (χ0n) is 11.2. The van der Waals surface area contributed by atoms with E-state index in [1.807, 2.05) is 24.4 Å². The first-order chi connectivity index (χ1) is 9.46. The van der Waals surface area contributed by atoms with E-state index in [0.717, 1.165) is 4.88 Å². The second kappa shape index (κ2) is 6.26. The maximum Gasteiger partial charge on any atom is 0.246 e. The molecule has 0 aliphatic rings. The number of aryl methyl sites for hydroxylation is 1. The summed E-state index contributed by atoms with van der Waals surface area (Å²) in [5.41, 5.74) is 0. The molecule has 1 atom stereocenters. The van der Waals surface area contributed by atoms with Crippen LogP contribution in [0.1, 0.15) is 17.8 Å². The minimum atomic E-state index is -3.55. The quantitative estimate of drug-likeness (QED) is 0.763. The summed E-state index contributed by atoms with van der Waals surface area (Å²) in [6, 6.07) is 3.63. The van der Waals surface area contributed by atoms with Crippen molar-refractivity contribution in [2.45, 2.75) is 24.4 Å². The smallest absolute Gasteiger partial charge is 0.246 e. The van der Waals surface area contributed by atoms with Crippen molar-refractivity contribution in [3.05, 3.63) is 34.8 Å². The highest BCUT2D eigenvalue weighted by atomic mass is 35.5. The highest BCUT2D eigenvalue weighted by Crippen LogP contribution is 2.28. The first kappa shape index (κ1) is 15.5. The number of rotatable bonds is 6. The molecule has 0 bridgehead atoms. The third-order valence-electron chi connectivity index (χ3n) is 3.10. The lowest BCUT2D eigenvalue weighted by Gasteiger charge is -2.22. The summed E-state index contributed by atoms with van der Waals surface area (Å²) >= 11 is 7.16. The summed E-state index contributed by atoms with van der Waals surface area (Å²) in [6.07, 6.45) is 2.87. The minimum absolute atomic E-state index is 0.188. The molecule has 5 nitrogen and oxygen atoms in total. The molecule has 0 fully saturated rings. The molecular weight excluding hydrogens is 318 g/mol. The van der Waals surface area contributed by atoms with Gasteiger partial charge in [0.15, 0.2) is 0 Å². The highest BCUT2D eigenvalue weighted by molar-refractivity contribution is 7.89. The Labute approximate surface area is 127 Å². The predicted octanol–water partition coefficient (Wildman–Crippen LogP) is 2.57. The number of alkyl halides is 1. The Bertz CT molecular complexity index is 652. The van der Waals surface area contributed by atoms with Gasteiger partial charge in [0.05, 0.1) is 18.8 Å². The number of hydrogen-bond donors (Lipinski definition) is 0. The van der Waals surface area contributed by atoms with Crippen LogP contribution in [0.3, 0.4) is 0 Å². The van der Waals surface area contributed by atoms with Gasteiger partial charge in [0.2, 0.25) is 10.0 Å². The summed E-state index contributed by atoms with van der Waals surface area (Å²) in [4.78, 5) is 1.19. The van der Waals surface area contributed by atoms with Crippen LogP contribution >= 0.6 is 22.9 Å². The van der Waals surface area contributed by atoms with Crippen molar-refractivity contribution in [2.24, 2.45) is 0 Å². The van der Waals surface area contributed by atoms with Crippen molar-refractivity contribution in [3.63, 3.8) is 0 Å². The van der Waals surface area contributed by atoms with Gasteiger partial charge >= 0.3 is 0 Å². The largest absolute Gasteiger partial charge is 0.270 e. The lowest BCUT2D eigenvalue weighted by atomic mass is 10.3. The van der Waals surface area contributed by atoms with Gasteiger partial charge in [-0.25, -0.2) is 8.42 Å². The van der Waals surface area contributed by atoms with Crippen LogP contribution < -0.4 is 0 Å². The van der Waals surface area contributed by atoms with Crippen LogP contribution in [0.2, 0.25) is 0 Å². The van der Waals surface area contributed by atoms with Gasteiger partial charge in [-0.2, -0.15) is 9.40 Å². The van der Waals surface area contributed by atoms with Crippen molar-refractivity contribution < 1.29 is 8.42 Å². The van der Waals surface area contributed by atoms with Crippen LogP contribution in [-0.2, 0) is 16.6 Å². The third-order valence-corrected chi connectivity index (χ3v) is 6.19. The van der Waals surface area contributed by atoms with Crippen LogP contribution in [0.15, 0.2) is 34.8 Å². The molecule has 2 aromatic heterocycles. The number of aromatic nitrogens is 2. The zero-order chi connectivity index (χ0) is 14.8. The van der Waals surface area contributed by atoms with E-state index >= 15 is 0 Å². The third kappa shape index (κ3) is 3.06. The van der Waals surface area contributed by atoms with E-state index in [2.05, 4.69) is 5.10 Å². The molecular formula is C12H16ClN3O2S2. The second-order valence-electron chi connectivity index (χ2n) is 4.34. The molecule has 0 amide bonds. The van der Waals surface area contributed by atoms with Gasteiger partial charge in [0, 0.05) is 24.0 Å². The molecule has 0 saturated carbocycles. The molecule has 0 radical (unpaired) electrons. The highest BCUT2D eigenvalue weighted by Gasteiger charge is 2.28. The first-order valence-corrected chi connectivity index (χ1v) is 8.92. The van der Waals surface area contributed by atoms with E-state index in [4.69, 9.17) is 11.6 Å². The fourth-order valence-electron chi connectivity index (χ4n) is 1.77. The number of thiophene rings is 1. The summed E-state index contributed by atoms with van der Waals surface area (Å²) in [6.45, 7) is 2.35. The molecule has 0 aromatic carbocycles. The van der Waals surface area contributed by atoms with E-state index in [1.165, 1.54) is 32.7 Å². The molecule has 2 heterocycles. The normalized spacial score (nSPS) is 13.8. The Balaban J connectivity index is 2.24. The minimum Gasteiger partial charge on any atom is -0.270 e. The van der Waals surface area contributed by atoms with Crippen LogP contribution in [0, 0.1) is 0 Å². The lowest BCUT2D eigenvalue weighted by molar-refractivity contribution is 0.403. The van der Waals surface area contributed by atoms with Crippen molar-refractivity contribution in [1.29, 1.82) is 0 Å². The summed E-state index contributed by atoms with van der Waals surface area (Å²) in [7, 11) is -1.97.